The zero-order valence-corrected chi connectivity index (χ0v) is 15.6. The van der Waals surface area contributed by atoms with Gasteiger partial charge in [0.1, 0.15) is 5.82 Å². The van der Waals surface area contributed by atoms with Crippen molar-refractivity contribution in [3.05, 3.63) is 48.7 Å². The first-order valence-electron chi connectivity index (χ1n) is 8.11. The second kappa shape index (κ2) is 10.8. The number of piperidine rings is 1. The van der Waals surface area contributed by atoms with Gasteiger partial charge in [0, 0.05) is 18.8 Å². The van der Waals surface area contributed by atoms with E-state index in [1.54, 1.807) is 6.20 Å². The van der Waals surface area contributed by atoms with Gasteiger partial charge in [-0.1, -0.05) is 18.2 Å². The van der Waals surface area contributed by atoms with E-state index in [9.17, 15) is 4.79 Å². The molecule has 2 aromatic rings. The number of anilines is 3. The summed E-state index contributed by atoms with van der Waals surface area (Å²) in [4.78, 5) is 18.7. The number of amides is 1. The minimum Gasteiger partial charge on any atom is -0.376 e. The molecule has 136 valence electrons. The fourth-order valence-corrected chi connectivity index (χ4v) is 2.71. The molecule has 0 bridgehead atoms. The van der Waals surface area contributed by atoms with E-state index in [2.05, 4.69) is 20.5 Å². The van der Waals surface area contributed by atoms with Crippen LogP contribution in [0.2, 0.25) is 0 Å². The van der Waals surface area contributed by atoms with E-state index in [1.807, 2.05) is 42.5 Å². The number of hydrogen-bond acceptors (Lipinski definition) is 4. The Morgan fingerprint density at radius 2 is 1.68 bits per heavy atom. The largest absolute Gasteiger partial charge is 0.376 e. The van der Waals surface area contributed by atoms with Gasteiger partial charge in [0.15, 0.2) is 0 Å². The maximum Gasteiger partial charge on any atom is 0.243 e. The third-order valence-electron chi connectivity index (χ3n) is 3.94. The number of nitrogens with one attached hydrogen (secondary N) is 2. The lowest BCUT2D eigenvalue weighted by Crippen LogP contribution is -2.30. The molecule has 1 aromatic carbocycles. The molecule has 0 aliphatic carbocycles. The SMILES string of the molecule is Cl.Cl.O=C(CNc1ccccc1)Nc1ccc(N2CCCCC2)nc1. The zero-order valence-electron chi connectivity index (χ0n) is 14.0. The average molecular weight is 383 g/mol. The van der Waals surface area contributed by atoms with Gasteiger partial charge in [-0.2, -0.15) is 0 Å². The Morgan fingerprint density at radius 3 is 2.32 bits per heavy atom. The van der Waals surface area contributed by atoms with Crippen LogP contribution < -0.4 is 15.5 Å². The second-order valence-corrected chi connectivity index (χ2v) is 5.72. The number of rotatable bonds is 5. The highest BCUT2D eigenvalue weighted by Gasteiger charge is 2.12. The Morgan fingerprint density at radius 1 is 0.960 bits per heavy atom. The van der Waals surface area contributed by atoms with Gasteiger partial charge < -0.3 is 15.5 Å². The topological polar surface area (TPSA) is 57.3 Å². The standard InChI is InChI=1S/C18H22N4O.2ClH/c23-18(14-19-15-7-3-1-4-8-15)21-16-9-10-17(20-13-16)22-11-5-2-6-12-22;;/h1,3-4,7-10,13,19H,2,5-6,11-12,14H2,(H,21,23);2*1H. The van der Waals surface area contributed by atoms with E-state index in [0.717, 1.165) is 30.3 Å². The number of pyridine rings is 1. The van der Waals surface area contributed by atoms with Crippen LogP contribution in [0.3, 0.4) is 0 Å². The highest BCUT2D eigenvalue weighted by molar-refractivity contribution is 5.93. The predicted molar refractivity (Wildman–Crippen MR) is 108 cm³/mol. The summed E-state index contributed by atoms with van der Waals surface area (Å²) >= 11 is 0. The zero-order chi connectivity index (χ0) is 15.9. The highest BCUT2D eigenvalue weighted by Crippen LogP contribution is 2.18. The minimum absolute atomic E-state index is 0. The van der Waals surface area contributed by atoms with Gasteiger partial charge in [-0.25, -0.2) is 4.98 Å². The van der Waals surface area contributed by atoms with Crippen molar-refractivity contribution < 1.29 is 4.79 Å². The first-order chi connectivity index (χ1) is 11.3. The van der Waals surface area contributed by atoms with Crippen molar-refractivity contribution in [3.8, 4) is 0 Å². The number of carbonyl (C=O) groups is 1. The first kappa shape index (κ1) is 21.1. The van der Waals surface area contributed by atoms with E-state index in [4.69, 9.17) is 0 Å². The summed E-state index contributed by atoms with van der Waals surface area (Å²) in [6, 6.07) is 13.6. The van der Waals surface area contributed by atoms with Crippen LogP contribution >= 0.6 is 24.8 Å². The lowest BCUT2D eigenvalue weighted by atomic mass is 10.1. The van der Waals surface area contributed by atoms with Crippen LogP contribution in [0.5, 0.6) is 0 Å². The lowest BCUT2D eigenvalue weighted by Gasteiger charge is -2.27. The average Bonchev–Trinajstić information content (AvgIpc) is 2.62. The number of carbonyl (C=O) groups excluding carboxylic acids is 1. The Kier molecular flexibility index (Phi) is 9.10. The summed E-state index contributed by atoms with van der Waals surface area (Å²) in [6.45, 7) is 2.37. The lowest BCUT2D eigenvalue weighted by molar-refractivity contribution is -0.114. The molecule has 1 aromatic heterocycles. The molecule has 1 saturated heterocycles. The van der Waals surface area contributed by atoms with Crippen LogP contribution in [0.4, 0.5) is 17.2 Å². The van der Waals surface area contributed by atoms with Gasteiger partial charge >= 0.3 is 0 Å². The molecule has 3 rings (SSSR count). The monoisotopic (exact) mass is 382 g/mol. The summed E-state index contributed by atoms with van der Waals surface area (Å²) in [5.74, 6) is 0.909. The van der Waals surface area contributed by atoms with Crippen LogP contribution in [0.25, 0.3) is 0 Å². The van der Waals surface area contributed by atoms with Crippen LogP contribution in [-0.2, 0) is 4.79 Å². The second-order valence-electron chi connectivity index (χ2n) is 5.72. The van der Waals surface area contributed by atoms with Crippen molar-refractivity contribution in [1.29, 1.82) is 0 Å². The molecular formula is C18H24Cl2N4O. The molecule has 2 heterocycles. The first-order valence-corrected chi connectivity index (χ1v) is 8.11. The summed E-state index contributed by atoms with van der Waals surface area (Å²) < 4.78 is 0. The number of para-hydroxylation sites is 1. The van der Waals surface area contributed by atoms with E-state index in [1.165, 1.54) is 19.3 Å². The minimum atomic E-state index is -0.0821. The molecule has 0 atom stereocenters. The molecular weight excluding hydrogens is 359 g/mol. The van der Waals surface area contributed by atoms with E-state index in [0.29, 0.717) is 0 Å². The van der Waals surface area contributed by atoms with Crippen molar-refractivity contribution in [2.24, 2.45) is 0 Å². The Bertz CT molecular complexity index is 631. The van der Waals surface area contributed by atoms with Crippen LogP contribution in [0.15, 0.2) is 48.7 Å². The Balaban J connectivity index is 0.00000156. The third-order valence-corrected chi connectivity index (χ3v) is 3.94. The number of halogens is 2. The van der Waals surface area contributed by atoms with Gasteiger partial charge in [0.2, 0.25) is 5.91 Å². The summed E-state index contributed by atoms with van der Waals surface area (Å²) in [6.07, 6.45) is 5.49. The quantitative estimate of drug-likeness (QED) is 0.821. The smallest absolute Gasteiger partial charge is 0.243 e. The fourth-order valence-electron chi connectivity index (χ4n) is 2.71. The molecule has 7 heteroatoms. The molecule has 5 nitrogen and oxygen atoms in total. The molecule has 1 aliphatic heterocycles. The summed E-state index contributed by atoms with van der Waals surface area (Å²) in [7, 11) is 0. The fraction of sp³-hybridized carbons (Fsp3) is 0.333. The number of nitrogens with zero attached hydrogens (tertiary/aromatic N) is 2. The molecule has 0 radical (unpaired) electrons. The predicted octanol–water partition coefficient (Wildman–Crippen LogP) is 3.97. The van der Waals surface area contributed by atoms with Crippen molar-refractivity contribution in [2.75, 3.05) is 35.2 Å². The van der Waals surface area contributed by atoms with Crippen LogP contribution in [0.1, 0.15) is 19.3 Å². The molecule has 2 N–H and O–H groups in total. The molecule has 1 fully saturated rings. The van der Waals surface area contributed by atoms with Crippen LogP contribution in [-0.4, -0.2) is 30.5 Å². The molecule has 1 aliphatic rings. The Labute approximate surface area is 161 Å². The maximum atomic E-state index is 12.0. The number of hydrogen-bond donors (Lipinski definition) is 2. The van der Waals surface area contributed by atoms with Gasteiger partial charge in [-0.3, -0.25) is 4.79 Å². The normalized spacial score (nSPS) is 13.2. The van der Waals surface area contributed by atoms with Crippen molar-refractivity contribution in [2.45, 2.75) is 19.3 Å². The number of aromatic nitrogens is 1. The summed E-state index contributed by atoms with van der Waals surface area (Å²) in [5.41, 5.74) is 1.66. The maximum absolute atomic E-state index is 12.0. The number of benzene rings is 1. The van der Waals surface area contributed by atoms with Gasteiger partial charge in [0.25, 0.3) is 0 Å². The molecule has 0 unspecified atom stereocenters. The third kappa shape index (κ3) is 6.44. The van der Waals surface area contributed by atoms with E-state index < -0.39 is 0 Å². The molecule has 0 saturated carbocycles. The molecule has 0 spiro atoms. The van der Waals surface area contributed by atoms with Gasteiger partial charge in [-0.05, 0) is 43.5 Å². The van der Waals surface area contributed by atoms with Gasteiger partial charge in [-0.15, -0.1) is 24.8 Å². The van der Waals surface area contributed by atoms with Gasteiger partial charge in [0.05, 0.1) is 18.4 Å². The molecule has 1 amide bonds. The van der Waals surface area contributed by atoms with Crippen molar-refractivity contribution >= 4 is 47.9 Å². The van der Waals surface area contributed by atoms with E-state index in [-0.39, 0.29) is 37.3 Å². The van der Waals surface area contributed by atoms with Crippen molar-refractivity contribution in [3.63, 3.8) is 0 Å². The van der Waals surface area contributed by atoms with E-state index >= 15 is 0 Å². The summed E-state index contributed by atoms with van der Waals surface area (Å²) in [5, 5.41) is 5.95. The molecule has 25 heavy (non-hydrogen) atoms. The van der Waals surface area contributed by atoms with Crippen LogP contribution in [0, 0.1) is 0 Å². The Hall–Kier alpha value is -1.98. The van der Waals surface area contributed by atoms with Crippen molar-refractivity contribution in [1.82, 2.24) is 4.98 Å². The highest BCUT2D eigenvalue weighted by atomic mass is 35.5.